The molecule has 1 aromatic rings. The van der Waals surface area contributed by atoms with Gasteiger partial charge in [-0.25, -0.2) is 0 Å². The van der Waals surface area contributed by atoms with Gasteiger partial charge < -0.3 is 10.2 Å². The molecule has 17 heavy (non-hydrogen) atoms. The highest BCUT2D eigenvalue weighted by Gasteiger charge is 2.20. The number of hydrogen-bond donors (Lipinski definition) is 1. The van der Waals surface area contributed by atoms with E-state index < -0.39 is 0 Å². The van der Waals surface area contributed by atoms with Gasteiger partial charge in [0, 0.05) is 43.7 Å². The number of nitrogens with zero attached hydrogens (tertiary/aromatic N) is 1. The van der Waals surface area contributed by atoms with Gasteiger partial charge in [-0.3, -0.25) is 0 Å². The summed E-state index contributed by atoms with van der Waals surface area (Å²) in [7, 11) is 0. The van der Waals surface area contributed by atoms with E-state index in [9.17, 15) is 0 Å². The summed E-state index contributed by atoms with van der Waals surface area (Å²) in [4.78, 5) is 2.61. The van der Waals surface area contributed by atoms with Gasteiger partial charge in [0.25, 0.3) is 0 Å². The number of nitrogens with one attached hydrogen (secondary N) is 1. The highest BCUT2D eigenvalue weighted by molar-refractivity contribution is 7.99. The van der Waals surface area contributed by atoms with Crippen molar-refractivity contribution in [1.82, 2.24) is 10.2 Å². The number of thioether (sulfide) groups is 1. The minimum Gasteiger partial charge on any atom is -0.308 e. The van der Waals surface area contributed by atoms with E-state index in [1.807, 2.05) is 0 Å². The minimum atomic E-state index is 0.646. The van der Waals surface area contributed by atoms with Crippen molar-refractivity contribution in [3.63, 3.8) is 0 Å². The maximum atomic E-state index is 3.67. The third-order valence-electron chi connectivity index (χ3n) is 3.75. The molecular weight excluding hydrogens is 228 g/mol. The molecule has 0 radical (unpaired) electrons. The Bertz CT molecular complexity index is 374. The highest BCUT2D eigenvalue weighted by Crippen LogP contribution is 2.17. The molecule has 1 N–H and O–H groups in total. The van der Waals surface area contributed by atoms with E-state index in [1.165, 1.54) is 43.1 Å². The molecule has 2 aliphatic rings. The van der Waals surface area contributed by atoms with Gasteiger partial charge in [0.1, 0.15) is 0 Å². The summed E-state index contributed by atoms with van der Waals surface area (Å²) >= 11 is 2.09. The van der Waals surface area contributed by atoms with Crippen LogP contribution in [0.1, 0.15) is 11.1 Å². The van der Waals surface area contributed by atoms with Gasteiger partial charge in [-0.1, -0.05) is 24.3 Å². The Balaban J connectivity index is 1.60. The van der Waals surface area contributed by atoms with Crippen LogP contribution in [0.15, 0.2) is 24.3 Å². The first-order valence-electron chi connectivity index (χ1n) is 6.52. The van der Waals surface area contributed by atoms with Gasteiger partial charge in [-0.15, -0.1) is 0 Å². The van der Waals surface area contributed by atoms with E-state index in [-0.39, 0.29) is 0 Å². The fourth-order valence-corrected chi connectivity index (χ4v) is 3.72. The van der Waals surface area contributed by atoms with Crippen LogP contribution in [0.5, 0.6) is 0 Å². The lowest BCUT2D eigenvalue weighted by Crippen LogP contribution is -2.46. The Morgan fingerprint density at radius 2 is 1.94 bits per heavy atom. The third-order valence-corrected chi connectivity index (χ3v) is 4.69. The van der Waals surface area contributed by atoms with Gasteiger partial charge >= 0.3 is 0 Å². The summed E-state index contributed by atoms with van der Waals surface area (Å²) in [5.41, 5.74) is 3.03. The van der Waals surface area contributed by atoms with Crippen LogP contribution in [0.4, 0.5) is 0 Å². The van der Waals surface area contributed by atoms with Crippen LogP contribution < -0.4 is 5.32 Å². The fraction of sp³-hybridized carbons (Fsp3) is 0.571. The van der Waals surface area contributed by atoms with E-state index in [4.69, 9.17) is 0 Å². The van der Waals surface area contributed by atoms with Crippen LogP contribution in [0, 0.1) is 0 Å². The summed E-state index contributed by atoms with van der Waals surface area (Å²) in [5.74, 6) is 2.62. The molecule has 0 aliphatic carbocycles. The molecule has 1 unspecified atom stereocenters. The predicted molar refractivity (Wildman–Crippen MR) is 74.5 cm³/mol. The van der Waals surface area contributed by atoms with Crippen molar-refractivity contribution in [2.24, 2.45) is 0 Å². The minimum absolute atomic E-state index is 0.646. The lowest BCUT2D eigenvalue weighted by atomic mass is 9.95. The molecule has 0 spiro atoms. The van der Waals surface area contributed by atoms with Crippen LogP contribution in [-0.4, -0.2) is 42.1 Å². The van der Waals surface area contributed by atoms with E-state index in [2.05, 4.69) is 46.2 Å². The first-order chi connectivity index (χ1) is 8.42. The summed E-state index contributed by atoms with van der Waals surface area (Å²) in [5, 5.41) is 3.67. The third kappa shape index (κ3) is 2.84. The monoisotopic (exact) mass is 248 g/mol. The highest BCUT2D eigenvalue weighted by atomic mass is 32.2. The lowest BCUT2D eigenvalue weighted by Gasteiger charge is -2.33. The van der Waals surface area contributed by atoms with Crippen LogP contribution in [-0.2, 0) is 13.0 Å². The molecule has 1 fully saturated rings. The van der Waals surface area contributed by atoms with Crippen molar-refractivity contribution < 1.29 is 0 Å². The van der Waals surface area contributed by atoms with Crippen LogP contribution in [0.2, 0.25) is 0 Å². The van der Waals surface area contributed by atoms with E-state index in [1.54, 1.807) is 5.56 Å². The first-order valence-corrected chi connectivity index (χ1v) is 7.67. The van der Waals surface area contributed by atoms with Crippen molar-refractivity contribution in [3.05, 3.63) is 35.4 Å². The molecule has 0 amide bonds. The van der Waals surface area contributed by atoms with Gasteiger partial charge in [0.05, 0.1) is 0 Å². The zero-order valence-electron chi connectivity index (χ0n) is 10.2. The lowest BCUT2D eigenvalue weighted by molar-refractivity contribution is 0.257. The van der Waals surface area contributed by atoms with Gasteiger partial charge in [-0.05, 0) is 17.5 Å². The average Bonchev–Trinajstić information content (AvgIpc) is 2.40. The van der Waals surface area contributed by atoms with Crippen molar-refractivity contribution >= 4 is 11.8 Å². The number of fused-ring (bicyclic) bond motifs is 1. The molecule has 2 heterocycles. The van der Waals surface area contributed by atoms with E-state index in [0.29, 0.717) is 6.04 Å². The van der Waals surface area contributed by atoms with Crippen molar-refractivity contribution in [3.8, 4) is 0 Å². The van der Waals surface area contributed by atoms with Crippen molar-refractivity contribution in [1.29, 1.82) is 0 Å². The number of hydrogen-bond acceptors (Lipinski definition) is 3. The summed E-state index contributed by atoms with van der Waals surface area (Å²) in [6.45, 7) is 4.80. The second-order valence-electron chi connectivity index (χ2n) is 4.96. The second-order valence-corrected chi connectivity index (χ2v) is 6.19. The smallest absolute Gasteiger partial charge is 0.0238 e. The maximum Gasteiger partial charge on any atom is 0.0238 e. The van der Waals surface area contributed by atoms with Crippen LogP contribution in [0.25, 0.3) is 0 Å². The zero-order valence-corrected chi connectivity index (χ0v) is 11.0. The summed E-state index contributed by atoms with van der Waals surface area (Å²) < 4.78 is 0. The van der Waals surface area contributed by atoms with Crippen LogP contribution >= 0.6 is 11.8 Å². The fourth-order valence-electron chi connectivity index (χ4n) is 2.75. The largest absolute Gasteiger partial charge is 0.308 e. The van der Waals surface area contributed by atoms with Crippen LogP contribution in [0.3, 0.4) is 0 Å². The van der Waals surface area contributed by atoms with E-state index >= 15 is 0 Å². The quantitative estimate of drug-likeness (QED) is 0.858. The molecular formula is C14H20N2S. The first kappa shape index (κ1) is 11.6. The Labute approximate surface area is 108 Å². The molecule has 3 rings (SSSR count). The number of rotatable bonds is 2. The maximum absolute atomic E-state index is 3.67. The summed E-state index contributed by atoms with van der Waals surface area (Å²) in [6.07, 6.45) is 1.19. The average molecular weight is 248 g/mol. The molecule has 92 valence electrons. The molecule has 2 nitrogen and oxygen atoms in total. The molecule has 3 heteroatoms. The van der Waals surface area contributed by atoms with Crippen molar-refractivity contribution in [2.45, 2.75) is 19.0 Å². The molecule has 1 aromatic carbocycles. The molecule has 2 aliphatic heterocycles. The Hall–Kier alpha value is -0.510. The van der Waals surface area contributed by atoms with Gasteiger partial charge in [0.15, 0.2) is 0 Å². The topological polar surface area (TPSA) is 15.3 Å². The molecule has 1 atom stereocenters. The van der Waals surface area contributed by atoms with E-state index in [0.717, 1.165) is 6.54 Å². The standard InChI is InChI=1S/C14H20N2S/c1-2-4-13-10-15-14(9-12(13)3-1)11-16-5-7-17-8-6-16/h1-4,14-15H,5-11H2. The SMILES string of the molecule is c1ccc2c(c1)CNC(CN1CCSCC1)C2. The molecule has 1 saturated heterocycles. The summed E-state index contributed by atoms with van der Waals surface area (Å²) in [6, 6.07) is 9.49. The van der Waals surface area contributed by atoms with Crippen molar-refractivity contribution in [2.75, 3.05) is 31.1 Å². The Morgan fingerprint density at radius 1 is 1.18 bits per heavy atom. The molecule has 0 aromatic heterocycles. The normalized spacial score (nSPS) is 25.5. The predicted octanol–water partition coefficient (Wildman–Crippen LogP) is 1.75. The Morgan fingerprint density at radius 3 is 2.76 bits per heavy atom. The van der Waals surface area contributed by atoms with Gasteiger partial charge in [-0.2, -0.15) is 11.8 Å². The molecule has 0 saturated carbocycles. The number of benzene rings is 1. The zero-order chi connectivity index (χ0) is 11.5. The second kappa shape index (κ2) is 5.42. The van der Waals surface area contributed by atoms with Gasteiger partial charge in [0.2, 0.25) is 0 Å². The Kier molecular flexibility index (Phi) is 3.69. The molecule has 0 bridgehead atoms.